The third kappa shape index (κ3) is 1.57. The van der Waals surface area contributed by atoms with Crippen LogP contribution >= 0.6 is 0 Å². The number of nitrogen functional groups attached to an aromatic ring is 1. The Morgan fingerprint density at radius 2 is 2.44 bits per heavy atom. The molecule has 1 fully saturated rings. The van der Waals surface area contributed by atoms with Crippen molar-refractivity contribution in [1.82, 2.24) is 14.6 Å². The van der Waals surface area contributed by atoms with Crippen LogP contribution in [0.15, 0.2) is 18.5 Å². The first kappa shape index (κ1) is 11.4. The molecular weight excluding hydrogens is 232 g/mol. The molecule has 6 heteroatoms. The second-order valence-electron chi connectivity index (χ2n) is 4.85. The molecule has 3 N–H and O–H groups in total. The molecule has 0 aromatic carbocycles. The molecule has 96 valence electrons. The van der Waals surface area contributed by atoms with Gasteiger partial charge in [-0.2, -0.15) is 5.10 Å². The lowest BCUT2D eigenvalue weighted by molar-refractivity contribution is -0.0551. The summed E-state index contributed by atoms with van der Waals surface area (Å²) in [6, 6.07) is 3.85. The Bertz CT molecular complexity index is 582. The third-order valence-electron chi connectivity index (χ3n) is 3.60. The molecule has 1 saturated heterocycles. The van der Waals surface area contributed by atoms with Crippen LogP contribution in [0.1, 0.15) is 25.5 Å². The molecule has 0 bridgehead atoms. The Morgan fingerprint density at radius 1 is 1.61 bits per heavy atom. The minimum atomic E-state index is -0.430. The Morgan fingerprint density at radius 3 is 3.17 bits per heavy atom. The number of hydrogen-bond acceptors (Lipinski definition) is 5. The zero-order valence-electron chi connectivity index (χ0n) is 10.2. The molecule has 0 saturated carbocycles. The van der Waals surface area contributed by atoms with Gasteiger partial charge in [-0.15, -0.1) is 0 Å². The number of hydrogen-bond donors (Lipinski definition) is 2. The lowest BCUT2D eigenvalue weighted by atomic mass is 9.98. The molecule has 3 heterocycles. The van der Waals surface area contributed by atoms with Crippen molar-refractivity contribution < 1.29 is 9.84 Å². The fourth-order valence-electron chi connectivity index (χ4n) is 2.59. The maximum Gasteiger partial charge on any atom is 0.151 e. The van der Waals surface area contributed by atoms with Crippen LogP contribution in [0.25, 0.3) is 5.52 Å². The van der Waals surface area contributed by atoms with Crippen LogP contribution in [0.2, 0.25) is 0 Å². The predicted molar refractivity (Wildman–Crippen MR) is 65.9 cm³/mol. The molecule has 2 aromatic rings. The van der Waals surface area contributed by atoms with Gasteiger partial charge in [-0.1, -0.05) is 0 Å². The van der Waals surface area contributed by atoms with Crippen LogP contribution in [-0.2, 0) is 10.3 Å². The Labute approximate surface area is 104 Å². The average molecular weight is 248 g/mol. The van der Waals surface area contributed by atoms with Gasteiger partial charge in [0.1, 0.15) is 17.4 Å². The molecule has 18 heavy (non-hydrogen) atoms. The SMILES string of the molecule is C[C@]1(c2ccc3c(N)ncnn23)CCC(CO)O1. The van der Waals surface area contributed by atoms with Crippen LogP contribution in [-0.4, -0.2) is 32.4 Å². The van der Waals surface area contributed by atoms with E-state index in [1.165, 1.54) is 6.33 Å². The van der Waals surface area contributed by atoms with Crippen LogP contribution in [0.5, 0.6) is 0 Å². The minimum absolute atomic E-state index is 0.0516. The fourth-order valence-corrected chi connectivity index (χ4v) is 2.59. The van der Waals surface area contributed by atoms with Crippen LogP contribution < -0.4 is 5.73 Å². The molecule has 0 amide bonds. The number of nitrogens with two attached hydrogens (primary N) is 1. The standard InChI is InChI=1S/C12H16N4O2/c1-12(5-4-8(6-17)18-12)10-3-2-9-11(13)14-7-15-16(9)10/h2-3,7-8,17H,4-6H2,1H3,(H2,13,14,15)/t8?,12-/m1/s1. The number of anilines is 1. The van der Waals surface area contributed by atoms with E-state index in [-0.39, 0.29) is 12.7 Å². The third-order valence-corrected chi connectivity index (χ3v) is 3.60. The Balaban J connectivity index is 2.07. The number of fused-ring (bicyclic) bond motifs is 1. The largest absolute Gasteiger partial charge is 0.394 e. The van der Waals surface area contributed by atoms with Crippen LogP contribution in [0.3, 0.4) is 0 Å². The Kier molecular flexibility index (Phi) is 2.49. The maximum absolute atomic E-state index is 9.18. The molecule has 2 atom stereocenters. The number of aliphatic hydroxyl groups is 1. The fraction of sp³-hybridized carbons (Fsp3) is 0.500. The summed E-state index contributed by atoms with van der Waals surface area (Å²) >= 11 is 0. The van der Waals surface area contributed by atoms with Crippen molar-refractivity contribution in [2.75, 3.05) is 12.3 Å². The van der Waals surface area contributed by atoms with E-state index in [0.717, 1.165) is 24.1 Å². The van der Waals surface area contributed by atoms with Gasteiger partial charge in [-0.25, -0.2) is 9.50 Å². The Hall–Kier alpha value is -1.66. The second kappa shape index (κ2) is 3.93. The van der Waals surface area contributed by atoms with E-state index in [9.17, 15) is 5.11 Å². The quantitative estimate of drug-likeness (QED) is 0.817. The average Bonchev–Trinajstić information content (AvgIpc) is 2.94. The van der Waals surface area contributed by atoms with E-state index in [2.05, 4.69) is 10.1 Å². The van der Waals surface area contributed by atoms with E-state index in [0.29, 0.717) is 5.82 Å². The summed E-state index contributed by atoms with van der Waals surface area (Å²) in [5.74, 6) is 0.455. The van der Waals surface area contributed by atoms with Gasteiger partial charge in [0.05, 0.1) is 18.4 Å². The lowest BCUT2D eigenvalue weighted by Crippen LogP contribution is -2.26. The highest BCUT2D eigenvalue weighted by atomic mass is 16.5. The molecule has 0 aliphatic carbocycles. The van der Waals surface area contributed by atoms with E-state index in [4.69, 9.17) is 10.5 Å². The van der Waals surface area contributed by atoms with E-state index >= 15 is 0 Å². The second-order valence-corrected chi connectivity index (χ2v) is 4.85. The first-order valence-corrected chi connectivity index (χ1v) is 6.01. The molecule has 0 radical (unpaired) electrons. The van der Waals surface area contributed by atoms with Crippen molar-refractivity contribution in [1.29, 1.82) is 0 Å². The molecule has 1 unspecified atom stereocenters. The minimum Gasteiger partial charge on any atom is -0.394 e. The van der Waals surface area contributed by atoms with Gasteiger partial charge < -0.3 is 15.6 Å². The molecule has 1 aliphatic heterocycles. The van der Waals surface area contributed by atoms with E-state index in [1.807, 2.05) is 19.1 Å². The van der Waals surface area contributed by atoms with Crippen LogP contribution in [0.4, 0.5) is 5.82 Å². The normalized spacial score (nSPS) is 28.0. The molecular formula is C12H16N4O2. The van der Waals surface area contributed by atoms with Crippen molar-refractivity contribution in [3.8, 4) is 0 Å². The topological polar surface area (TPSA) is 85.7 Å². The summed E-state index contributed by atoms with van der Waals surface area (Å²) in [6.45, 7) is 2.07. The van der Waals surface area contributed by atoms with Gasteiger partial charge in [-0.05, 0) is 31.9 Å². The smallest absolute Gasteiger partial charge is 0.151 e. The number of aliphatic hydroxyl groups excluding tert-OH is 1. The van der Waals surface area contributed by atoms with Crippen LogP contribution in [0, 0.1) is 0 Å². The molecule has 0 spiro atoms. The number of aromatic nitrogens is 3. The number of nitrogens with zero attached hydrogens (tertiary/aromatic N) is 3. The zero-order chi connectivity index (χ0) is 12.8. The van der Waals surface area contributed by atoms with Gasteiger partial charge >= 0.3 is 0 Å². The van der Waals surface area contributed by atoms with Gasteiger partial charge in [0.25, 0.3) is 0 Å². The molecule has 3 rings (SSSR count). The van der Waals surface area contributed by atoms with Crippen molar-refractivity contribution >= 4 is 11.3 Å². The lowest BCUT2D eigenvalue weighted by Gasteiger charge is -2.24. The summed E-state index contributed by atoms with van der Waals surface area (Å²) in [4.78, 5) is 3.97. The van der Waals surface area contributed by atoms with Gasteiger partial charge in [0.2, 0.25) is 0 Å². The van der Waals surface area contributed by atoms with Gasteiger partial charge in [-0.3, -0.25) is 0 Å². The van der Waals surface area contributed by atoms with E-state index < -0.39 is 5.60 Å². The molecule has 2 aromatic heterocycles. The van der Waals surface area contributed by atoms with E-state index in [1.54, 1.807) is 4.52 Å². The monoisotopic (exact) mass is 248 g/mol. The van der Waals surface area contributed by atoms with Crippen molar-refractivity contribution in [3.63, 3.8) is 0 Å². The van der Waals surface area contributed by atoms with Crippen molar-refractivity contribution in [2.24, 2.45) is 0 Å². The summed E-state index contributed by atoms with van der Waals surface area (Å²) in [6.07, 6.45) is 3.04. The molecule has 1 aliphatic rings. The highest BCUT2D eigenvalue weighted by molar-refractivity contribution is 5.65. The van der Waals surface area contributed by atoms with Gasteiger partial charge in [0, 0.05) is 0 Å². The van der Waals surface area contributed by atoms with Crippen molar-refractivity contribution in [2.45, 2.75) is 31.5 Å². The summed E-state index contributed by atoms with van der Waals surface area (Å²) in [5.41, 5.74) is 7.11. The first-order chi connectivity index (χ1) is 8.64. The first-order valence-electron chi connectivity index (χ1n) is 6.01. The summed E-state index contributed by atoms with van der Waals surface area (Å²) in [7, 11) is 0. The molecule has 6 nitrogen and oxygen atoms in total. The highest BCUT2D eigenvalue weighted by Gasteiger charge is 2.39. The predicted octanol–water partition coefficient (Wildman–Crippen LogP) is 0.698. The maximum atomic E-state index is 9.18. The number of rotatable bonds is 2. The highest BCUT2D eigenvalue weighted by Crippen LogP contribution is 2.39. The summed E-state index contributed by atoms with van der Waals surface area (Å²) < 4.78 is 7.68. The zero-order valence-corrected chi connectivity index (χ0v) is 10.2. The van der Waals surface area contributed by atoms with Crippen molar-refractivity contribution in [3.05, 3.63) is 24.2 Å². The van der Waals surface area contributed by atoms with Gasteiger partial charge in [0.15, 0.2) is 5.82 Å². The number of ether oxygens (including phenoxy) is 1. The summed E-state index contributed by atoms with van der Waals surface area (Å²) in [5, 5.41) is 13.4.